The summed E-state index contributed by atoms with van der Waals surface area (Å²) in [5.41, 5.74) is 4.53. The Bertz CT molecular complexity index is 985. The standard InChI is InChI=1S/C14H7BrF3N3O4/c15-7-2-1-5(25-14(16,17)18)3-8(7)21-9(22)4-6-10(11(21)19)13(24)20-12(6)23/h1-4H,19H2,(H,20,23,24). The number of nitrogen functional groups attached to an aromatic ring is 1. The lowest BCUT2D eigenvalue weighted by Crippen LogP contribution is -2.24. The number of hydrogen-bond acceptors (Lipinski definition) is 5. The summed E-state index contributed by atoms with van der Waals surface area (Å²) in [5.74, 6) is -2.54. The number of hydrogen-bond donors (Lipinski definition) is 2. The highest BCUT2D eigenvalue weighted by atomic mass is 79.9. The number of alkyl halides is 3. The molecule has 1 aliphatic rings. The molecule has 0 saturated heterocycles. The molecule has 7 nitrogen and oxygen atoms in total. The second kappa shape index (κ2) is 5.62. The second-order valence-electron chi connectivity index (χ2n) is 4.94. The summed E-state index contributed by atoms with van der Waals surface area (Å²) in [5, 5.41) is 1.99. The molecule has 11 heteroatoms. The molecule has 0 saturated carbocycles. The van der Waals surface area contributed by atoms with Crippen molar-refractivity contribution in [1.29, 1.82) is 0 Å². The molecule has 0 spiro atoms. The van der Waals surface area contributed by atoms with Crippen LogP contribution in [-0.4, -0.2) is 22.7 Å². The van der Waals surface area contributed by atoms with Crippen molar-refractivity contribution in [2.24, 2.45) is 0 Å². The molecule has 0 fully saturated rings. The molecule has 3 rings (SSSR count). The Morgan fingerprint density at radius 2 is 1.80 bits per heavy atom. The minimum Gasteiger partial charge on any atom is -0.406 e. The topological polar surface area (TPSA) is 103 Å². The number of ether oxygens (including phenoxy) is 1. The maximum Gasteiger partial charge on any atom is 0.573 e. The van der Waals surface area contributed by atoms with E-state index < -0.39 is 29.5 Å². The first-order valence-corrected chi connectivity index (χ1v) is 7.34. The summed E-state index contributed by atoms with van der Waals surface area (Å²) < 4.78 is 42.0. The number of amides is 2. The molecular weight excluding hydrogens is 411 g/mol. The zero-order chi connectivity index (χ0) is 18.5. The molecule has 3 N–H and O–H groups in total. The average Bonchev–Trinajstić information content (AvgIpc) is 2.75. The third-order valence-corrected chi connectivity index (χ3v) is 4.02. The van der Waals surface area contributed by atoms with Crippen molar-refractivity contribution in [2.45, 2.75) is 6.36 Å². The number of nitrogens with one attached hydrogen (secondary N) is 1. The Morgan fingerprint density at radius 3 is 2.44 bits per heavy atom. The van der Waals surface area contributed by atoms with Crippen LogP contribution in [0.4, 0.5) is 19.0 Å². The second-order valence-corrected chi connectivity index (χ2v) is 5.79. The predicted octanol–water partition coefficient (Wildman–Crippen LogP) is 1.96. The smallest absolute Gasteiger partial charge is 0.406 e. The van der Waals surface area contributed by atoms with Gasteiger partial charge in [-0.15, -0.1) is 13.2 Å². The maximum absolute atomic E-state index is 12.4. The van der Waals surface area contributed by atoms with Gasteiger partial charge in [-0.05, 0) is 28.1 Å². The summed E-state index contributed by atoms with van der Waals surface area (Å²) in [6.07, 6.45) is -4.92. The van der Waals surface area contributed by atoms with E-state index in [0.717, 1.165) is 22.8 Å². The molecule has 0 aliphatic carbocycles. The number of nitrogens with zero attached hydrogens (tertiary/aromatic N) is 1. The molecule has 1 aromatic heterocycles. The van der Waals surface area contributed by atoms with Crippen LogP contribution in [0.15, 0.2) is 33.5 Å². The first kappa shape index (κ1) is 17.0. The Kier molecular flexibility index (Phi) is 3.82. The van der Waals surface area contributed by atoms with E-state index in [1.165, 1.54) is 6.07 Å². The normalized spacial score (nSPS) is 13.6. The third kappa shape index (κ3) is 2.97. The first-order chi connectivity index (χ1) is 11.6. The lowest BCUT2D eigenvalue weighted by molar-refractivity contribution is -0.274. The fourth-order valence-corrected chi connectivity index (χ4v) is 2.81. The van der Waals surface area contributed by atoms with Gasteiger partial charge in [-0.3, -0.25) is 24.3 Å². The molecule has 0 unspecified atom stereocenters. The molecule has 2 amide bonds. The van der Waals surface area contributed by atoms with Gasteiger partial charge < -0.3 is 10.5 Å². The Labute approximate surface area is 145 Å². The highest BCUT2D eigenvalue weighted by molar-refractivity contribution is 9.10. The first-order valence-electron chi connectivity index (χ1n) is 6.55. The number of benzene rings is 1. The molecule has 2 heterocycles. The van der Waals surface area contributed by atoms with Gasteiger partial charge in [0.1, 0.15) is 11.6 Å². The van der Waals surface area contributed by atoms with E-state index in [1.807, 2.05) is 5.32 Å². The van der Waals surface area contributed by atoms with Crippen LogP contribution >= 0.6 is 15.9 Å². The summed E-state index contributed by atoms with van der Waals surface area (Å²) in [6, 6.07) is 4.07. The van der Waals surface area contributed by atoms with E-state index in [-0.39, 0.29) is 27.1 Å². The molecular formula is C14H7BrF3N3O4. The summed E-state index contributed by atoms with van der Waals surface area (Å²) in [6.45, 7) is 0. The SMILES string of the molecule is Nc1c2c(cc(=O)n1-c1cc(OC(F)(F)F)ccc1Br)C(=O)NC2=O. The van der Waals surface area contributed by atoms with Gasteiger partial charge in [-0.1, -0.05) is 0 Å². The van der Waals surface area contributed by atoms with Crippen LogP contribution in [0.3, 0.4) is 0 Å². The monoisotopic (exact) mass is 417 g/mol. The van der Waals surface area contributed by atoms with E-state index >= 15 is 0 Å². The van der Waals surface area contributed by atoms with Gasteiger partial charge in [0.2, 0.25) is 0 Å². The largest absolute Gasteiger partial charge is 0.573 e. The van der Waals surface area contributed by atoms with Gasteiger partial charge in [-0.2, -0.15) is 0 Å². The van der Waals surface area contributed by atoms with Crippen molar-refractivity contribution in [3.63, 3.8) is 0 Å². The number of carbonyl (C=O) groups excluding carboxylic acids is 2. The van der Waals surface area contributed by atoms with Crippen LogP contribution in [0.1, 0.15) is 20.7 Å². The average molecular weight is 418 g/mol. The van der Waals surface area contributed by atoms with Crippen LogP contribution in [0.25, 0.3) is 5.69 Å². The Balaban J connectivity index is 2.23. The van der Waals surface area contributed by atoms with Crippen LogP contribution < -0.4 is 21.3 Å². The van der Waals surface area contributed by atoms with Crippen molar-refractivity contribution in [2.75, 3.05) is 5.73 Å². The van der Waals surface area contributed by atoms with Crippen LogP contribution in [-0.2, 0) is 0 Å². The number of anilines is 1. The summed E-state index contributed by atoms with van der Waals surface area (Å²) in [4.78, 5) is 35.7. The summed E-state index contributed by atoms with van der Waals surface area (Å²) in [7, 11) is 0. The molecule has 0 bridgehead atoms. The zero-order valence-electron chi connectivity index (χ0n) is 12.0. The number of halogens is 4. The zero-order valence-corrected chi connectivity index (χ0v) is 13.6. The van der Waals surface area contributed by atoms with Crippen molar-refractivity contribution in [3.05, 3.63) is 50.2 Å². The van der Waals surface area contributed by atoms with E-state index in [2.05, 4.69) is 20.7 Å². The number of carbonyl (C=O) groups is 2. The van der Waals surface area contributed by atoms with Crippen LogP contribution in [0.2, 0.25) is 0 Å². The van der Waals surface area contributed by atoms with Crippen molar-refractivity contribution < 1.29 is 27.5 Å². The fourth-order valence-electron chi connectivity index (χ4n) is 2.39. The Hall–Kier alpha value is -2.82. The van der Waals surface area contributed by atoms with Crippen molar-refractivity contribution >= 4 is 33.6 Å². The third-order valence-electron chi connectivity index (χ3n) is 3.35. The maximum atomic E-state index is 12.4. The number of imide groups is 1. The molecule has 25 heavy (non-hydrogen) atoms. The van der Waals surface area contributed by atoms with Gasteiger partial charge in [0.15, 0.2) is 0 Å². The molecule has 1 aliphatic heterocycles. The van der Waals surface area contributed by atoms with Gasteiger partial charge in [0.25, 0.3) is 17.4 Å². The highest BCUT2D eigenvalue weighted by Gasteiger charge is 2.33. The van der Waals surface area contributed by atoms with E-state index in [1.54, 1.807) is 0 Å². The lowest BCUT2D eigenvalue weighted by Gasteiger charge is -2.15. The molecule has 2 aromatic rings. The van der Waals surface area contributed by atoms with Gasteiger partial charge in [0.05, 0.1) is 16.8 Å². The van der Waals surface area contributed by atoms with Crippen molar-refractivity contribution in [1.82, 2.24) is 9.88 Å². The minimum absolute atomic E-state index is 0.0841. The molecule has 0 radical (unpaired) electrons. The van der Waals surface area contributed by atoms with Crippen LogP contribution in [0, 0.1) is 0 Å². The molecule has 130 valence electrons. The van der Waals surface area contributed by atoms with Gasteiger partial charge in [-0.25, -0.2) is 0 Å². The minimum atomic E-state index is -4.92. The van der Waals surface area contributed by atoms with Gasteiger partial charge >= 0.3 is 6.36 Å². The van der Waals surface area contributed by atoms with E-state index in [4.69, 9.17) is 5.73 Å². The fraction of sp³-hybridized carbons (Fsp3) is 0.0714. The van der Waals surface area contributed by atoms with Crippen molar-refractivity contribution in [3.8, 4) is 11.4 Å². The molecule has 1 aromatic carbocycles. The lowest BCUT2D eigenvalue weighted by atomic mass is 10.1. The number of fused-ring (bicyclic) bond motifs is 1. The Morgan fingerprint density at radius 1 is 1.12 bits per heavy atom. The van der Waals surface area contributed by atoms with Crippen LogP contribution in [0.5, 0.6) is 5.75 Å². The molecule has 0 atom stereocenters. The predicted molar refractivity (Wildman–Crippen MR) is 82.6 cm³/mol. The quantitative estimate of drug-likeness (QED) is 0.727. The van der Waals surface area contributed by atoms with Gasteiger partial charge in [0, 0.05) is 16.6 Å². The number of aromatic nitrogens is 1. The number of pyridine rings is 1. The summed E-state index contributed by atoms with van der Waals surface area (Å²) >= 11 is 3.10. The van der Waals surface area contributed by atoms with E-state index in [0.29, 0.717) is 0 Å². The highest BCUT2D eigenvalue weighted by Crippen LogP contribution is 2.31. The van der Waals surface area contributed by atoms with E-state index in [9.17, 15) is 27.6 Å². The number of nitrogens with two attached hydrogens (primary N) is 1. The number of rotatable bonds is 2.